The van der Waals surface area contributed by atoms with Crippen molar-refractivity contribution in [2.24, 2.45) is 5.92 Å². The number of urea groups is 1. The lowest BCUT2D eigenvalue weighted by molar-refractivity contribution is -0.140. The van der Waals surface area contributed by atoms with Crippen LogP contribution in [0.2, 0.25) is 0 Å². The summed E-state index contributed by atoms with van der Waals surface area (Å²) < 4.78 is 0. The maximum Gasteiger partial charge on any atom is 0.326 e. The molecule has 0 bridgehead atoms. The van der Waals surface area contributed by atoms with Crippen LogP contribution in [0, 0.1) is 5.92 Å². The van der Waals surface area contributed by atoms with Gasteiger partial charge in [0.25, 0.3) is 0 Å². The Labute approximate surface area is 89.2 Å². The third-order valence-electron chi connectivity index (χ3n) is 2.66. The number of carboxylic acid groups (broad SMARTS) is 1. The van der Waals surface area contributed by atoms with Crippen molar-refractivity contribution in [2.75, 3.05) is 0 Å². The van der Waals surface area contributed by atoms with Crippen LogP contribution in [-0.4, -0.2) is 29.2 Å². The average Bonchev–Trinajstić information content (AvgIpc) is 2.06. The van der Waals surface area contributed by atoms with E-state index < -0.39 is 12.0 Å². The Balaban J connectivity index is 2.36. The molecule has 1 atom stereocenters. The van der Waals surface area contributed by atoms with Gasteiger partial charge < -0.3 is 15.7 Å². The smallest absolute Gasteiger partial charge is 0.326 e. The quantitative estimate of drug-likeness (QED) is 0.652. The van der Waals surface area contributed by atoms with Crippen LogP contribution >= 0.6 is 0 Å². The number of carbonyl (C=O) groups excluding carboxylic acids is 1. The number of aliphatic carboxylic acids is 1. The normalized spacial score (nSPS) is 18.1. The first kappa shape index (κ1) is 11.8. The van der Waals surface area contributed by atoms with Crippen LogP contribution in [0.4, 0.5) is 4.79 Å². The van der Waals surface area contributed by atoms with Crippen molar-refractivity contribution >= 4 is 12.0 Å². The number of hydrogen-bond donors (Lipinski definition) is 3. The predicted octanol–water partition coefficient (Wildman–Crippen LogP) is 0.947. The highest BCUT2D eigenvalue weighted by Gasteiger charge is 2.25. The van der Waals surface area contributed by atoms with Gasteiger partial charge in [0.05, 0.1) is 0 Å². The SMILES string of the molecule is CC(C)[C@@H](NC(=O)NC1CCC1)C(=O)O. The first-order valence-electron chi connectivity index (χ1n) is 5.30. The van der Waals surface area contributed by atoms with Gasteiger partial charge in [0.15, 0.2) is 0 Å². The summed E-state index contributed by atoms with van der Waals surface area (Å²) in [4.78, 5) is 22.2. The van der Waals surface area contributed by atoms with E-state index in [4.69, 9.17) is 5.11 Å². The molecule has 0 spiro atoms. The van der Waals surface area contributed by atoms with E-state index in [1.165, 1.54) is 0 Å². The standard InChI is InChI=1S/C10H18N2O3/c1-6(2)8(9(13)14)12-10(15)11-7-4-3-5-7/h6-8H,3-5H2,1-2H3,(H,13,14)(H2,11,12,15)/t8-/m1/s1. The number of nitrogens with one attached hydrogen (secondary N) is 2. The molecule has 5 heteroatoms. The lowest BCUT2D eigenvalue weighted by atomic mass is 9.93. The van der Waals surface area contributed by atoms with E-state index in [0.29, 0.717) is 0 Å². The first-order chi connectivity index (χ1) is 7.00. The maximum absolute atomic E-state index is 11.4. The summed E-state index contributed by atoms with van der Waals surface area (Å²) in [7, 11) is 0. The molecule has 1 rings (SSSR count). The molecule has 5 nitrogen and oxygen atoms in total. The second-order valence-corrected chi connectivity index (χ2v) is 4.31. The molecule has 86 valence electrons. The van der Waals surface area contributed by atoms with E-state index in [0.717, 1.165) is 19.3 Å². The van der Waals surface area contributed by atoms with E-state index in [1.54, 1.807) is 13.8 Å². The summed E-state index contributed by atoms with van der Waals surface area (Å²) in [5, 5.41) is 14.1. The second-order valence-electron chi connectivity index (χ2n) is 4.31. The van der Waals surface area contributed by atoms with Crippen LogP contribution < -0.4 is 10.6 Å². The molecule has 0 radical (unpaired) electrons. The predicted molar refractivity (Wildman–Crippen MR) is 55.6 cm³/mol. The highest BCUT2D eigenvalue weighted by atomic mass is 16.4. The molecule has 0 saturated heterocycles. The Morgan fingerprint density at radius 3 is 2.27 bits per heavy atom. The second kappa shape index (κ2) is 5.00. The number of amides is 2. The summed E-state index contributed by atoms with van der Waals surface area (Å²) in [5.74, 6) is -1.11. The maximum atomic E-state index is 11.4. The molecule has 2 amide bonds. The van der Waals surface area contributed by atoms with Gasteiger partial charge in [0.1, 0.15) is 6.04 Å². The minimum Gasteiger partial charge on any atom is -0.480 e. The van der Waals surface area contributed by atoms with Gasteiger partial charge >= 0.3 is 12.0 Å². The molecule has 0 aliphatic heterocycles. The zero-order valence-corrected chi connectivity index (χ0v) is 9.12. The van der Waals surface area contributed by atoms with Crippen molar-refractivity contribution in [3.8, 4) is 0 Å². The summed E-state index contributed by atoms with van der Waals surface area (Å²) in [6.45, 7) is 3.53. The molecule has 3 N–H and O–H groups in total. The number of carboxylic acids is 1. The fourth-order valence-corrected chi connectivity index (χ4v) is 1.43. The fraction of sp³-hybridized carbons (Fsp3) is 0.800. The van der Waals surface area contributed by atoms with Crippen LogP contribution in [0.25, 0.3) is 0 Å². The first-order valence-corrected chi connectivity index (χ1v) is 5.30. The van der Waals surface area contributed by atoms with Crippen molar-refractivity contribution in [1.82, 2.24) is 10.6 Å². The minimum atomic E-state index is -0.992. The van der Waals surface area contributed by atoms with Crippen LogP contribution in [0.3, 0.4) is 0 Å². The number of hydrogen-bond acceptors (Lipinski definition) is 2. The molecule has 1 aliphatic rings. The van der Waals surface area contributed by atoms with Gasteiger partial charge in [-0.2, -0.15) is 0 Å². The third-order valence-corrected chi connectivity index (χ3v) is 2.66. The lowest BCUT2D eigenvalue weighted by Crippen LogP contribution is -2.52. The summed E-state index contributed by atoms with van der Waals surface area (Å²) >= 11 is 0. The van der Waals surface area contributed by atoms with Crippen LogP contribution in [-0.2, 0) is 4.79 Å². The molecular formula is C10H18N2O3. The van der Waals surface area contributed by atoms with Crippen molar-refractivity contribution in [3.63, 3.8) is 0 Å². The number of rotatable bonds is 4. The Morgan fingerprint density at radius 1 is 1.33 bits per heavy atom. The molecule has 0 heterocycles. The number of carbonyl (C=O) groups is 2. The zero-order valence-electron chi connectivity index (χ0n) is 9.12. The summed E-state index contributed by atoms with van der Waals surface area (Å²) in [6, 6.07) is -0.961. The zero-order chi connectivity index (χ0) is 11.4. The Hall–Kier alpha value is -1.26. The summed E-state index contributed by atoms with van der Waals surface area (Å²) in [6.07, 6.45) is 3.12. The molecule has 1 fully saturated rings. The van der Waals surface area contributed by atoms with Gasteiger partial charge in [-0.05, 0) is 25.2 Å². The Kier molecular flexibility index (Phi) is 3.94. The molecule has 0 unspecified atom stereocenters. The van der Waals surface area contributed by atoms with E-state index in [2.05, 4.69) is 10.6 Å². The largest absolute Gasteiger partial charge is 0.480 e. The monoisotopic (exact) mass is 214 g/mol. The van der Waals surface area contributed by atoms with E-state index in [-0.39, 0.29) is 18.0 Å². The highest BCUT2D eigenvalue weighted by molar-refractivity contribution is 5.82. The molecule has 1 saturated carbocycles. The Morgan fingerprint density at radius 2 is 1.93 bits per heavy atom. The van der Waals surface area contributed by atoms with Crippen molar-refractivity contribution in [3.05, 3.63) is 0 Å². The summed E-state index contributed by atoms with van der Waals surface area (Å²) in [5.41, 5.74) is 0. The minimum absolute atomic E-state index is 0.116. The van der Waals surface area contributed by atoms with Crippen molar-refractivity contribution < 1.29 is 14.7 Å². The molecular weight excluding hydrogens is 196 g/mol. The van der Waals surface area contributed by atoms with Gasteiger partial charge in [-0.25, -0.2) is 9.59 Å². The fourth-order valence-electron chi connectivity index (χ4n) is 1.43. The van der Waals surface area contributed by atoms with Crippen LogP contribution in [0.1, 0.15) is 33.1 Å². The average molecular weight is 214 g/mol. The van der Waals surface area contributed by atoms with Gasteiger partial charge in [-0.1, -0.05) is 13.8 Å². The van der Waals surface area contributed by atoms with Crippen molar-refractivity contribution in [1.29, 1.82) is 0 Å². The molecule has 0 aromatic heterocycles. The van der Waals surface area contributed by atoms with E-state index in [9.17, 15) is 9.59 Å². The highest BCUT2D eigenvalue weighted by Crippen LogP contribution is 2.17. The van der Waals surface area contributed by atoms with E-state index >= 15 is 0 Å². The molecule has 0 aromatic rings. The third kappa shape index (κ3) is 3.42. The van der Waals surface area contributed by atoms with Crippen LogP contribution in [0.5, 0.6) is 0 Å². The van der Waals surface area contributed by atoms with E-state index in [1.807, 2.05) is 0 Å². The molecule has 1 aliphatic carbocycles. The molecule has 15 heavy (non-hydrogen) atoms. The lowest BCUT2D eigenvalue weighted by Gasteiger charge is -2.27. The van der Waals surface area contributed by atoms with Crippen molar-refractivity contribution in [2.45, 2.75) is 45.2 Å². The van der Waals surface area contributed by atoms with Gasteiger partial charge in [-0.15, -0.1) is 0 Å². The topological polar surface area (TPSA) is 78.4 Å². The van der Waals surface area contributed by atoms with Crippen LogP contribution in [0.15, 0.2) is 0 Å². The Bertz CT molecular complexity index is 249. The molecule has 0 aromatic carbocycles. The van der Waals surface area contributed by atoms with Gasteiger partial charge in [0.2, 0.25) is 0 Å². The van der Waals surface area contributed by atoms with Gasteiger partial charge in [-0.3, -0.25) is 0 Å². The van der Waals surface area contributed by atoms with Gasteiger partial charge in [0, 0.05) is 6.04 Å².